The first-order chi connectivity index (χ1) is 17.6. The van der Waals surface area contributed by atoms with E-state index in [0.29, 0.717) is 23.6 Å². The molecule has 0 radical (unpaired) electrons. The fourth-order valence-electron chi connectivity index (χ4n) is 3.64. The lowest BCUT2D eigenvalue weighted by molar-refractivity contribution is -0.164. The zero-order valence-corrected chi connectivity index (χ0v) is 22.8. The second-order valence-corrected chi connectivity index (χ2v) is 11.7. The van der Waals surface area contributed by atoms with Crippen molar-refractivity contribution in [3.8, 4) is 0 Å². The molecule has 2 heterocycles. The third-order valence-corrected chi connectivity index (χ3v) is 8.31. The number of hydrogen-bond acceptors (Lipinski definition) is 13. The standard InChI is InChI=1S/C21H29N5O10S2/c1-5-34-18(31)21(7-6-8-21)10-35-38(32,33)26-11(2)13(16(26)28)24-15(27)14(12-9-37-19(22)23-12)25-36-20(3,4)17(29)30/h9,11,13H,5-8,10H2,1-4H3,(H2,22,23)(H,24,27)(H,29,30)/t11-,13-/m0/s1. The van der Waals surface area contributed by atoms with Crippen LogP contribution in [0.25, 0.3) is 0 Å². The monoisotopic (exact) mass is 575 g/mol. The van der Waals surface area contributed by atoms with Crippen LogP contribution in [0.4, 0.5) is 5.13 Å². The second-order valence-electron chi connectivity index (χ2n) is 9.32. The minimum Gasteiger partial charge on any atom is -0.478 e. The van der Waals surface area contributed by atoms with Gasteiger partial charge >= 0.3 is 22.2 Å². The number of β-lactam (4-membered cyclic amide) rings is 1. The molecule has 2 fully saturated rings. The largest absolute Gasteiger partial charge is 0.478 e. The van der Waals surface area contributed by atoms with Crippen LogP contribution in [0.1, 0.15) is 52.7 Å². The van der Waals surface area contributed by atoms with Gasteiger partial charge < -0.3 is 25.7 Å². The lowest BCUT2D eigenvalue weighted by atomic mass is 9.69. The molecule has 0 spiro atoms. The van der Waals surface area contributed by atoms with Crippen molar-refractivity contribution in [2.24, 2.45) is 10.6 Å². The number of thiazole rings is 1. The first-order valence-corrected chi connectivity index (χ1v) is 13.8. The van der Waals surface area contributed by atoms with Crippen molar-refractivity contribution in [3.63, 3.8) is 0 Å². The normalized spacial score (nSPS) is 21.2. The quantitative estimate of drug-likeness (QED) is 0.130. The van der Waals surface area contributed by atoms with Crippen molar-refractivity contribution in [2.75, 3.05) is 18.9 Å². The van der Waals surface area contributed by atoms with Crippen molar-refractivity contribution in [3.05, 3.63) is 11.1 Å². The Morgan fingerprint density at radius 1 is 1.37 bits per heavy atom. The number of nitrogens with zero attached hydrogens (tertiary/aromatic N) is 3. The van der Waals surface area contributed by atoms with Crippen LogP contribution in [0.5, 0.6) is 0 Å². The van der Waals surface area contributed by atoms with Gasteiger partial charge in [0.1, 0.15) is 11.7 Å². The maximum absolute atomic E-state index is 13.0. The molecule has 3 rings (SSSR count). The van der Waals surface area contributed by atoms with Crippen LogP contribution in [0.3, 0.4) is 0 Å². The zero-order valence-electron chi connectivity index (χ0n) is 21.1. The van der Waals surface area contributed by atoms with Gasteiger partial charge in [0.2, 0.25) is 5.60 Å². The average Bonchev–Trinajstić information content (AvgIpc) is 3.22. The van der Waals surface area contributed by atoms with Crippen LogP contribution in [-0.4, -0.2) is 83.2 Å². The number of aromatic nitrogens is 1. The van der Waals surface area contributed by atoms with Crippen LogP contribution in [0, 0.1) is 5.41 Å². The van der Waals surface area contributed by atoms with Gasteiger partial charge in [-0.15, -0.1) is 11.3 Å². The lowest BCUT2D eigenvalue weighted by Gasteiger charge is -2.44. The number of carbonyl (C=O) groups is 4. The molecular formula is C21H29N5O10S2. The fraction of sp³-hybridized carbons (Fsp3) is 0.619. The Bertz CT molecular complexity index is 1250. The summed E-state index contributed by atoms with van der Waals surface area (Å²) < 4.78 is 36.1. The fourth-order valence-corrected chi connectivity index (χ4v) is 5.54. The number of carbonyl (C=O) groups excluding carboxylic acids is 3. The molecule has 0 unspecified atom stereocenters. The molecule has 1 aliphatic heterocycles. The molecule has 210 valence electrons. The Morgan fingerprint density at radius 2 is 2.03 bits per heavy atom. The number of carboxylic acid groups (broad SMARTS) is 1. The van der Waals surface area contributed by atoms with Gasteiger partial charge in [0.05, 0.1) is 24.7 Å². The summed E-state index contributed by atoms with van der Waals surface area (Å²) in [5, 5.41) is 16.7. The zero-order chi connectivity index (χ0) is 28.5. The number of nitrogens with two attached hydrogens (primary N) is 1. The highest BCUT2D eigenvalue weighted by Gasteiger charge is 2.54. The van der Waals surface area contributed by atoms with Crippen LogP contribution in [-0.2, 0) is 43.2 Å². The molecule has 1 aliphatic carbocycles. The van der Waals surface area contributed by atoms with Crippen molar-refractivity contribution < 1.29 is 46.5 Å². The minimum atomic E-state index is -4.58. The van der Waals surface area contributed by atoms with E-state index in [0.717, 1.165) is 11.3 Å². The number of oxime groups is 1. The van der Waals surface area contributed by atoms with E-state index in [-0.39, 0.29) is 17.4 Å². The number of rotatable bonds is 12. The number of hydrogen-bond donors (Lipinski definition) is 3. The van der Waals surface area contributed by atoms with Crippen molar-refractivity contribution in [2.45, 2.75) is 64.6 Å². The number of nitrogens with one attached hydrogen (secondary N) is 1. The molecule has 1 saturated carbocycles. The van der Waals surface area contributed by atoms with E-state index < -0.39 is 69.5 Å². The Labute approximate surface area is 222 Å². The predicted octanol–water partition coefficient (Wildman–Crippen LogP) is 0.0195. The highest BCUT2D eigenvalue weighted by Crippen LogP contribution is 2.43. The molecule has 0 aromatic carbocycles. The van der Waals surface area contributed by atoms with Gasteiger partial charge in [-0.05, 0) is 40.5 Å². The summed E-state index contributed by atoms with van der Waals surface area (Å²) in [6.45, 7) is 5.09. The molecule has 4 N–H and O–H groups in total. The predicted molar refractivity (Wildman–Crippen MR) is 132 cm³/mol. The van der Waals surface area contributed by atoms with Gasteiger partial charge in [0, 0.05) is 5.38 Å². The van der Waals surface area contributed by atoms with Crippen LogP contribution in [0.15, 0.2) is 10.5 Å². The molecule has 1 aromatic rings. The van der Waals surface area contributed by atoms with Crippen molar-refractivity contribution in [1.29, 1.82) is 0 Å². The Hall–Kier alpha value is -3.31. The third kappa shape index (κ3) is 5.73. The third-order valence-electron chi connectivity index (χ3n) is 6.23. The van der Waals surface area contributed by atoms with Gasteiger partial charge in [0.25, 0.3) is 11.8 Å². The molecule has 38 heavy (non-hydrogen) atoms. The van der Waals surface area contributed by atoms with Gasteiger partial charge in [-0.25, -0.2) is 14.1 Å². The van der Waals surface area contributed by atoms with Crippen molar-refractivity contribution >= 4 is 56.2 Å². The van der Waals surface area contributed by atoms with E-state index >= 15 is 0 Å². The molecule has 17 heteroatoms. The molecule has 2 amide bonds. The summed E-state index contributed by atoms with van der Waals surface area (Å²) in [6.07, 6.45) is 1.50. The lowest BCUT2D eigenvalue weighted by Crippen LogP contribution is -2.71. The summed E-state index contributed by atoms with van der Waals surface area (Å²) in [7, 11) is -4.58. The number of carboxylic acids is 1. The Morgan fingerprint density at radius 3 is 2.50 bits per heavy atom. The van der Waals surface area contributed by atoms with Gasteiger partial charge in [-0.3, -0.25) is 18.6 Å². The second kappa shape index (κ2) is 10.8. The van der Waals surface area contributed by atoms with Gasteiger partial charge in [0.15, 0.2) is 10.8 Å². The topological polar surface area (TPSA) is 217 Å². The summed E-state index contributed by atoms with van der Waals surface area (Å²) in [5.74, 6) is -3.87. The maximum atomic E-state index is 13.0. The van der Waals surface area contributed by atoms with E-state index in [1.165, 1.54) is 26.2 Å². The molecule has 1 saturated heterocycles. The highest BCUT2D eigenvalue weighted by molar-refractivity contribution is 7.85. The smallest absolute Gasteiger partial charge is 0.365 e. The van der Waals surface area contributed by atoms with E-state index in [1.54, 1.807) is 6.92 Å². The van der Waals surface area contributed by atoms with Gasteiger partial charge in [-0.1, -0.05) is 11.6 Å². The average molecular weight is 576 g/mol. The maximum Gasteiger partial charge on any atom is 0.365 e. The Balaban J connectivity index is 1.71. The van der Waals surface area contributed by atoms with Crippen LogP contribution in [0.2, 0.25) is 0 Å². The Kier molecular flexibility index (Phi) is 8.33. The first kappa shape index (κ1) is 29.2. The van der Waals surface area contributed by atoms with Gasteiger partial charge in [-0.2, -0.15) is 8.42 Å². The molecule has 15 nitrogen and oxygen atoms in total. The minimum absolute atomic E-state index is 0.0387. The summed E-state index contributed by atoms with van der Waals surface area (Å²) in [4.78, 5) is 58.3. The highest BCUT2D eigenvalue weighted by atomic mass is 32.2. The summed E-state index contributed by atoms with van der Waals surface area (Å²) >= 11 is 0.982. The number of nitrogen functional groups attached to an aromatic ring is 1. The summed E-state index contributed by atoms with van der Waals surface area (Å²) in [5.41, 5.74) is 2.23. The van der Waals surface area contributed by atoms with Crippen molar-refractivity contribution in [1.82, 2.24) is 14.6 Å². The molecule has 2 aliphatic rings. The van der Waals surface area contributed by atoms with E-state index in [2.05, 4.69) is 15.5 Å². The molecule has 1 aromatic heterocycles. The number of aliphatic carboxylic acids is 1. The molecule has 2 atom stereocenters. The van der Waals surface area contributed by atoms with Crippen LogP contribution < -0.4 is 11.1 Å². The SMILES string of the molecule is CCOC(=O)C1(COS(=O)(=O)N2C(=O)[C@@H](NC(=O)C(=NOC(C)(C)C(=O)O)c3csc(N)n3)[C@@H]2C)CCC1. The van der Waals surface area contributed by atoms with E-state index in [9.17, 15) is 32.7 Å². The number of anilines is 1. The number of amides is 2. The summed E-state index contributed by atoms with van der Waals surface area (Å²) in [6, 6.07) is -2.33. The number of esters is 1. The van der Waals surface area contributed by atoms with E-state index in [1.807, 2.05) is 0 Å². The number of ether oxygens (including phenoxy) is 1. The molecule has 0 bridgehead atoms. The van der Waals surface area contributed by atoms with E-state index in [4.69, 9.17) is 19.5 Å². The molecular weight excluding hydrogens is 546 g/mol. The van der Waals surface area contributed by atoms with Crippen LogP contribution >= 0.6 is 11.3 Å². The first-order valence-electron chi connectivity index (χ1n) is 11.6.